The number of nitrogens with one attached hydrogen (secondary N) is 1. The van der Waals surface area contributed by atoms with Gasteiger partial charge in [-0.1, -0.05) is 20.8 Å². The molecule has 4 aliphatic rings. The van der Waals surface area contributed by atoms with Crippen LogP contribution in [0, 0.1) is 11.3 Å². The number of likely N-dealkylation sites (tertiary alicyclic amines) is 1. The van der Waals surface area contributed by atoms with Gasteiger partial charge in [0.1, 0.15) is 0 Å². The Bertz CT molecular complexity index is 405. The van der Waals surface area contributed by atoms with E-state index in [2.05, 4.69) is 26.1 Å². The van der Waals surface area contributed by atoms with E-state index in [0.29, 0.717) is 5.92 Å². The van der Waals surface area contributed by atoms with E-state index in [4.69, 9.17) is 0 Å². The maximum Gasteiger partial charge on any atom is 0.240 e. The summed E-state index contributed by atoms with van der Waals surface area (Å²) in [4.78, 5) is 14.9. The summed E-state index contributed by atoms with van der Waals surface area (Å²) in [6, 6.07) is -0.111. The van der Waals surface area contributed by atoms with Crippen LogP contribution in [0.1, 0.15) is 52.9 Å². The lowest BCUT2D eigenvalue weighted by atomic mass is 9.55. The number of amides is 1. The van der Waals surface area contributed by atoms with Gasteiger partial charge in [-0.25, -0.2) is 0 Å². The van der Waals surface area contributed by atoms with Gasteiger partial charge < -0.3 is 10.0 Å². The first kappa shape index (κ1) is 14.3. The largest absolute Gasteiger partial charge is 0.391 e. The lowest BCUT2D eigenvalue weighted by Gasteiger charge is -2.61. The van der Waals surface area contributed by atoms with Gasteiger partial charge in [0.25, 0.3) is 0 Å². The normalized spacial score (nSPS) is 44.4. The molecule has 0 aromatic heterocycles. The van der Waals surface area contributed by atoms with Crippen LogP contribution in [0.3, 0.4) is 0 Å². The van der Waals surface area contributed by atoms with Gasteiger partial charge in [-0.15, -0.1) is 0 Å². The summed E-state index contributed by atoms with van der Waals surface area (Å²) in [6.07, 6.45) is 4.71. The highest BCUT2D eigenvalue weighted by molar-refractivity contribution is 5.83. The Kier molecular flexibility index (Phi) is 3.37. The lowest BCUT2D eigenvalue weighted by Crippen LogP contribution is -2.76. The first-order valence-electron chi connectivity index (χ1n) is 8.14. The molecule has 2 N–H and O–H groups in total. The summed E-state index contributed by atoms with van der Waals surface area (Å²) >= 11 is 0. The zero-order valence-electron chi connectivity index (χ0n) is 13.0. The number of piperidine rings is 2. The van der Waals surface area contributed by atoms with Crippen molar-refractivity contribution in [3.05, 3.63) is 0 Å². The molecular weight excluding hydrogens is 252 g/mol. The molecule has 4 nitrogen and oxygen atoms in total. The van der Waals surface area contributed by atoms with E-state index >= 15 is 0 Å². The molecule has 3 saturated heterocycles. The molecule has 0 unspecified atom stereocenters. The second-order valence-corrected chi connectivity index (χ2v) is 7.68. The molecule has 2 bridgehead atoms. The van der Waals surface area contributed by atoms with Crippen molar-refractivity contribution in [1.29, 1.82) is 0 Å². The van der Waals surface area contributed by atoms with Crippen LogP contribution in [0.15, 0.2) is 0 Å². The van der Waals surface area contributed by atoms with E-state index in [1.54, 1.807) is 0 Å². The third-order valence-corrected chi connectivity index (χ3v) is 6.17. The third kappa shape index (κ3) is 1.92. The standard InChI is InChI=1S/C16H28N2O2/c1-11(2)16-7-6-15(3,10-12(16)19)13(17-16)14(20)18-8-4-5-9-18/h11-13,17,19H,4-10H2,1-3H3/t12-,13+,15+,16+/m0/s1. The van der Waals surface area contributed by atoms with Crippen LogP contribution in [0.25, 0.3) is 0 Å². The van der Waals surface area contributed by atoms with Gasteiger partial charge in [0.2, 0.25) is 5.91 Å². The van der Waals surface area contributed by atoms with Gasteiger partial charge in [0, 0.05) is 18.6 Å². The number of carbonyl (C=O) groups excluding carboxylic acids is 1. The predicted molar refractivity (Wildman–Crippen MR) is 78.3 cm³/mol. The van der Waals surface area contributed by atoms with Crippen molar-refractivity contribution in [1.82, 2.24) is 10.2 Å². The Labute approximate surface area is 121 Å². The van der Waals surface area contributed by atoms with Crippen LogP contribution in [0.2, 0.25) is 0 Å². The van der Waals surface area contributed by atoms with Crippen molar-refractivity contribution >= 4 is 5.91 Å². The molecule has 0 aromatic rings. The number of rotatable bonds is 2. The summed E-state index contributed by atoms with van der Waals surface area (Å²) in [5.74, 6) is 0.609. The maximum absolute atomic E-state index is 12.8. The molecule has 4 fully saturated rings. The average Bonchev–Trinajstić information content (AvgIpc) is 2.91. The number of aliphatic hydroxyl groups is 1. The van der Waals surface area contributed by atoms with Gasteiger partial charge in [-0.05, 0) is 43.4 Å². The number of hydrogen-bond donors (Lipinski definition) is 2. The molecule has 20 heavy (non-hydrogen) atoms. The predicted octanol–water partition coefficient (Wildman–Crippen LogP) is 1.53. The summed E-state index contributed by atoms with van der Waals surface area (Å²) in [7, 11) is 0. The van der Waals surface area contributed by atoms with Gasteiger partial charge in [0.05, 0.1) is 12.1 Å². The summed E-state index contributed by atoms with van der Waals surface area (Å²) in [5, 5.41) is 14.2. The molecule has 3 heterocycles. The van der Waals surface area contributed by atoms with E-state index in [1.807, 2.05) is 4.90 Å². The van der Waals surface area contributed by atoms with E-state index in [0.717, 1.165) is 45.2 Å². The topological polar surface area (TPSA) is 52.6 Å². The summed E-state index contributed by atoms with van der Waals surface area (Å²) < 4.78 is 0. The first-order chi connectivity index (χ1) is 9.39. The summed E-state index contributed by atoms with van der Waals surface area (Å²) in [6.45, 7) is 8.29. The lowest BCUT2D eigenvalue weighted by molar-refractivity contribution is -0.156. The fraction of sp³-hybridized carbons (Fsp3) is 0.938. The van der Waals surface area contributed by atoms with Crippen molar-refractivity contribution in [2.75, 3.05) is 13.1 Å². The molecule has 1 amide bonds. The number of nitrogens with zero attached hydrogens (tertiary/aromatic N) is 1. The minimum atomic E-state index is -0.330. The van der Waals surface area contributed by atoms with Crippen molar-refractivity contribution in [3.63, 3.8) is 0 Å². The number of fused-ring (bicyclic) bond motifs is 3. The van der Waals surface area contributed by atoms with Crippen LogP contribution < -0.4 is 5.32 Å². The van der Waals surface area contributed by atoms with Gasteiger partial charge in [-0.3, -0.25) is 10.1 Å². The Balaban J connectivity index is 1.86. The molecule has 4 heteroatoms. The van der Waals surface area contributed by atoms with Gasteiger partial charge in [0.15, 0.2) is 0 Å². The highest BCUT2D eigenvalue weighted by Crippen LogP contribution is 2.51. The van der Waals surface area contributed by atoms with Crippen molar-refractivity contribution in [2.24, 2.45) is 11.3 Å². The SMILES string of the molecule is CC(C)[C@]12CC[C@](C)(C[C@@H]1O)[C@@H](C(=O)N1CCCC1)N2. The van der Waals surface area contributed by atoms with Crippen LogP contribution in [-0.4, -0.2) is 46.7 Å². The van der Waals surface area contributed by atoms with Crippen LogP contribution >= 0.6 is 0 Å². The zero-order chi connectivity index (χ0) is 14.5. The Morgan fingerprint density at radius 3 is 2.50 bits per heavy atom. The van der Waals surface area contributed by atoms with Crippen molar-refractivity contribution in [3.8, 4) is 0 Å². The average molecular weight is 280 g/mol. The molecule has 114 valence electrons. The molecule has 4 rings (SSSR count). The maximum atomic E-state index is 12.8. The van der Waals surface area contributed by atoms with E-state index in [9.17, 15) is 9.90 Å². The number of hydrogen-bond acceptors (Lipinski definition) is 3. The highest BCUT2D eigenvalue weighted by Gasteiger charge is 2.60. The Morgan fingerprint density at radius 1 is 1.30 bits per heavy atom. The monoisotopic (exact) mass is 280 g/mol. The zero-order valence-corrected chi connectivity index (χ0v) is 13.0. The minimum absolute atomic E-state index is 0.0876. The third-order valence-electron chi connectivity index (χ3n) is 6.17. The molecule has 4 atom stereocenters. The first-order valence-corrected chi connectivity index (χ1v) is 8.14. The molecule has 0 radical (unpaired) electrons. The van der Waals surface area contributed by atoms with Crippen LogP contribution in [-0.2, 0) is 4.79 Å². The Morgan fingerprint density at radius 2 is 1.95 bits per heavy atom. The van der Waals surface area contributed by atoms with E-state index in [-0.39, 0.29) is 29.0 Å². The van der Waals surface area contributed by atoms with Gasteiger partial charge in [-0.2, -0.15) is 0 Å². The minimum Gasteiger partial charge on any atom is -0.391 e. The van der Waals surface area contributed by atoms with Crippen molar-refractivity contribution < 1.29 is 9.90 Å². The molecular formula is C16H28N2O2. The fourth-order valence-electron chi connectivity index (χ4n) is 4.58. The van der Waals surface area contributed by atoms with Crippen LogP contribution in [0.4, 0.5) is 0 Å². The molecule has 0 aromatic carbocycles. The quantitative estimate of drug-likeness (QED) is 0.806. The highest BCUT2D eigenvalue weighted by atomic mass is 16.3. The number of aliphatic hydroxyl groups excluding tert-OH is 1. The Hall–Kier alpha value is -0.610. The second-order valence-electron chi connectivity index (χ2n) is 7.68. The molecule has 3 aliphatic heterocycles. The van der Waals surface area contributed by atoms with Crippen LogP contribution in [0.5, 0.6) is 0 Å². The fourth-order valence-corrected chi connectivity index (χ4v) is 4.58. The molecule has 1 saturated carbocycles. The van der Waals surface area contributed by atoms with Gasteiger partial charge >= 0.3 is 0 Å². The van der Waals surface area contributed by atoms with E-state index < -0.39 is 0 Å². The second kappa shape index (κ2) is 4.70. The smallest absolute Gasteiger partial charge is 0.240 e. The molecule has 0 spiro atoms. The molecule has 1 aliphatic carbocycles. The number of carbonyl (C=O) groups is 1. The van der Waals surface area contributed by atoms with Crippen molar-refractivity contribution in [2.45, 2.75) is 70.6 Å². The van der Waals surface area contributed by atoms with E-state index in [1.165, 1.54) is 0 Å². The summed E-state index contributed by atoms with van der Waals surface area (Å²) in [5.41, 5.74) is -0.354.